The monoisotopic (exact) mass is 388 g/mol. The second-order valence-corrected chi connectivity index (χ2v) is 6.34. The minimum Gasteiger partial charge on any atom is -0.507 e. The van der Waals surface area contributed by atoms with Crippen molar-refractivity contribution in [2.75, 3.05) is 7.11 Å². The van der Waals surface area contributed by atoms with Crippen LogP contribution in [0.5, 0.6) is 0 Å². The largest absolute Gasteiger partial charge is 0.507 e. The van der Waals surface area contributed by atoms with Crippen molar-refractivity contribution in [1.29, 1.82) is 0 Å². The predicted octanol–water partition coefficient (Wildman–Crippen LogP) is 3.86. The maximum Gasteiger partial charge on any atom is 0.306 e. The third-order valence-electron chi connectivity index (χ3n) is 4.43. The highest BCUT2D eigenvalue weighted by Gasteiger charge is 2.39. The number of aliphatic hydroxyl groups excluding tert-OH is 1. The van der Waals surface area contributed by atoms with Crippen LogP contribution in [0.15, 0.2) is 48.0 Å². The van der Waals surface area contributed by atoms with Gasteiger partial charge in [0.1, 0.15) is 11.6 Å². The quantitative estimate of drug-likeness (QED) is 0.635. The summed E-state index contributed by atoms with van der Waals surface area (Å²) in [7, 11) is 1.14. The Labute approximate surface area is 159 Å². The summed E-state index contributed by atoms with van der Waals surface area (Å²) in [6.45, 7) is 0. The first-order chi connectivity index (χ1) is 12.9. The fourth-order valence-corrected chi connectivity index (χ4v) is 3.44. The van der Waals surface area contributed by atoms with Crippen molar-refractivity contribution >= 4 is 34.9 Å². The number of allylic oxidation sites excluding steroid dienone is 1. The second-order valence-electron chi connectivity index (χ2n) is 5.93. The normalized spacial score (nSPS) is 14.8. The molecule has 1 atom stereocenters. The molecule has 0 fully saturated rings. The van der Waals surface area contributed by atoms with E-state index in [-0.39, 0.29) is 27.3 Å². The molecule has 0 saturated carbocycles. The molecule has 7 heteroatoms. The van der Waals surface area contributed by atoms with E-state index < -0.39 is 41.5 Å². The van der Waals surface area contributed by atoms with Crippen molar-refractivity contribution in [3.8, 4) is 0 Å². The predicted molar refractivity (Wildman–Crippen MR) is 96.1 cm³/mol. The van der Waals surface area contributed by atoms with Gasteiger partial charge in [0.15, 0.2) is 0 Å². The summed E-state index contributed by atoms with van der Waals surface area (Å²) in [5, 5.41) is 10.7. The first-order valence-corrected chi connectivity index (χ1v) is 8.36. The number of aliphatic hydroxyl groups is 1. The molecule has 0 bridgehead atoms. The third kappa shape index (κ3) is 3.24. The van der Waals surface area contributed by atoms with Crippen LogP contribution >= 0.6 is 11.6 Å². The summed E-state index contributed by atoms with van der Waals surface area (Å²) in [4.78, 5) is 37.1. The standard InChI is InChI=1S/C20H14ClFO5/c1-27-15(23)9-12(16-13(21)7-4-8-14(16)22)17-18(24)10-5-2-3-6-11(10)19(25)20(17)26/h2-8,12,24H,9H2,1H3/t12-/m1/s1. The molecule has 0 saturated heterocycles. The molecule has 0 aliphatic heterocycles. The van der Waals surface area contributed by atoms with Gasteiger partial charge in [-0.2, -0.15) is 0 Å². The molecule has 0 spiro atoms. The van der Waals surface area contributed by atoms with Gasteiger partial charge in [-0.1, -0.05) is 41.9 Å². The third-order valence-corrected chi connectivity index (χ3v) is 4.76. The SMILES string of the molecule is COC(=O)C[C@@H](C1=C(O)c2ccccc2C(=O)C1=O)c1c(F)cccc1Cl. The Morgan fingerprint density at radius 2 is 1.78 bits per heavy atom. The average molecular weight is 389 g/mol. The lowest BCUT2D eigenvalue weighted by Gasteiger charge is -2.25. The van der Waals surface area contributed by atoms with Gasteiger partial charge in [-0.05, 0) is 12.1 Å². The molecular weight excluding hydrogens is 375 g/mol. The van der Waals surface area contributed by atoms with Gasteiger partial charge in [0.25, 0.3) is 0 Å². The van der Waals surface area contributed by atoms with Gasteiger partial charge in [0.05, 0.1) is 19.1 Å². The van der Waals surface area contributed by atoms with E-state index in [9.17, 15) is 23.9 Å². The summed E-state index contributed by atoms with van der Waals surface area (Å²) in [5.74, 6) is -5.14. The van der Waals surface area contributed by atoms with Crippen LogP contribution in [0.1, 0.15) is 33.8 Å². The highest BCUT2D eigenvalue weighted by molar-refractivity contribution is 6.52. The van der Waals surface area contributed by atoms with Gasteiger partial charge in [0.2, 0.25) is 11.6 Å². The van der Waals surface area contributed by atoms with Crippen LogP contribution < -0.4 is 0 Å². The zero-order valence-corrected chi connectivity index (χ0v) is 14.9. The number of benzene rings is 2. The van der Waals surface area contributed by atoms with Crippen molar-refractivity contribution in [2.24, 2.45) is 0 Å². The van der Waals surface area contributed by atoms with Gasteiger partial charge in [-0.15, -0.1) is 0 Å². The van der Waals surface area contributed by atoms with Crippen LogP contribution in [0.4, 0.5) is 4.39 Å². The molecule has 5 nitrogen and oxygen atoms in total. The number of methoxy groups -OCH3 is 1. The van der Waals surface area contributed by atoms with Crippen LogP contribution in [-0.4, -0.2) is 29.8 Å². The lowest BCUT2D eigenvalue weighted by molar-refractivity contribution is -0.140. The number of ether oxygens (including phenoxy) is 1. The molecule has 0 amide bonds. The van der Waals surface area contributed by atoms with Crippen LogP contribution in [0.2, 0.25) is 5.02 Å². The number of ketones is 2. The number of halogens is 2. The van der Waals surface area contributed by atoms with Crippen LogP contribution in [-0.2, 0) is 14.3 Å². The zero-order chi connectivity index (χ0) is 19.7. The summed E-state index contributed by atoms with van der Waals surface area (Å²) in [5.41, 5.74) is -0.359. The number of fused-ring (bicyclic) bond motifs is 1. The molecule has 138 valence electrons. The minimum atomic E-state index is -1.28. The Bertz CT molecular complexity index is 975. The molecule has 1 aliphatic rings. The number of carbonyl (C=O) groups is 3. The first kappa shape index (κ1) is 18.8. The van der Waals surface area contributed by atoms with Gasteiger partial charge in [0, 0.05) is 27.6 Å². The van der Waals surface area contributed by atoms with Crippen LogP contribution in [0.25, 0.3) is 5.76 Å². The van der Waals surface area contributed by atoms with Gasteiger partial charge in [-0.3, -0.25) is 14.4 Å². The van der Waals surface area contributed by atoms with E-state index in [1.807, 2.05) is 0 Å². The molecule has 2 aromatic rings. The fraction of sp³-hybridized carbons (Fsp3) is 0.150. The lowest BCUT2D eigenvalue weighted by Crippen LogP contribution is -2.29. The summed E-state index contributed by atoms with van der Waals surface area (Å²) >= 11 is 6.11. The smallest absolute Gasteiger partial charge is 0.306 e. The van der Waals surface area contributed by atoms with E-state index in [0.717, 1.165) is 13.2 Å². The van der Waals surface area contributed by atoms with Crippen LogP contribution in [0, 0.1) is 5.82 Å². The van der Waals surface area contributed by atoms with E-state index >= 15 is 0 Å². The van der Waals surface area contributed by atoms with Gasteiger partial charge in [-0.25, -0.2) is 4.39 Å². The molecule has 0 unspecified atom stereocenters. The molecule has 1 aliphatic carbocycles. The number of rotatable bonds is 4. The van der Waals surface area contributed by atoms with E-state index in [1.165, 1.54) is 24.3 Å². The molecule has 27 heavy (non-hydrogen) atoms. The van der Waals surface area contributed by atoms with Crippen molar-refractivity contribution in [3.05, 3.63) is 75.6 Å². The molecule has 1 N–H and O–H groups in total. The lowest BCUT2D eigenvalue weighted by atomic mass is 9.78. The number of Topliss-reactive ketones (excluding diaryl/α,β-unsaturated/α-hetero) is 2. The maximum absolute atomic E-state index is 14.5. The fourth-order valence-electron chi connectivity index (χ4n) is 3.15. The number of carbonyl (C=O) groups excluding carboxylic acids is 3. The number of esters is 1. The van der Waals surface area contributed by atoms with E-state index in [2.05, 4.69) is 4.74 Å². The Balaban J connectivity index is 2.28. The van der Waals surface area contributed by atoms with E-state index in [0.29, 0.717) is 0 Å². The topological polar surface area (TPSA) is 80.7 Å². The average Bonchev–Trinajstić information content (AvgIpc) is 2.66. The van der Waals surface area contributed by atoms with Gasteiger partial charge >= 0.3 is 5.97 Å². The molecule has 2 aromatic carbocycles. The number of hydrogen-bond donors (Lipinski definition) is 1. The Kier molecular flexibility index (Phi) is 5.10. The van der Waals surface area contributed by atoms with Gasteiger partial charge < -0.3 is 9.84 Å². The number of hydrogen-bond acceptors (Lipinski definition) is 5. The van der Waals surface area contributed by atoms with Crippen molar-refractivity contribution in [3.63, 3.8) is 0 Å². The summed E-state index contributed by atoms with van der Waals surface area (Å²) in [6, 6.07) is 9.90. The van der Waals surface area contributed by atoms with E-state index in [4.69, 9.17) is 11.6 Å². The van der Waals surface area contributed by atoms with Crippen molar-refractivity contribution < 1.29 is 28.6 Å². The van der Waals surface area contributed by atoms with E-state index in [1.54, 1.807) is 12.1 Å². The Morgan fingerprint density at radius 3 is 2.41 bits per heavy atom. The molecule has 3 rings (SSSR count). The Hall–Kier alpha value is -2.99. The maximum atomic E-state index is 14.5. The zero-order valence-electron chi connectivity index (χ0n) is 14.2. The highest BCUT2D eigenvalue weighted by Crippen LogP contribution is 2.41. The van der Waals surface area contributed by atoms with Crippen molar-refractivity contribution in [1.82, 2.24) is 0 Å². The minimum absolute atomic E-state index is 0.0386. The highest BCUT2D eigenvalue weighted by atomic mass is 35.5. The van der Waals surface area contributed by atoms with Crippen LogP contribution in [0.3, 0.4) is 0 Å². The summed E-state index contributed by atoms with van der Waals surface area (Å²) in [6.07, 6.45) is -0.474. The second kappa shape index (κ2) is 7.32. The summed E-state index contributed by atoms with van der Waals surface area (Å²) < 4.78 is 19.2. The molecule has 0 aromatic heterocycles. The molecule has 0 radical (unpaired) electrons. The molecular formula is C20H14ClFO5. The molecule has 0 heterocycles. The first-order valence-electron chi connectivity index (χ1n) is 7.99. The Morgan fingerprint density at radius 1 is 1.11 bits per heavy atom. The van der Waals surface area contributed by atoms with Crippen molar-refractivity contribution in [2.45, 2.75) is 12.3 Å².